The van der Waals surface area contributed by atoms with E-state index in [4.69, 9.17) is 16.5 Å². The highest BCUT2D eigenvalue weighted by Crippen LogP contribution is 2.36. The molecular weight excluding hydrogens is 409 g/mol. The summed E-state index contributed by atoms with van der Waals surface area (Å²) in [5.41, 5.74) is 13.9. The van der Waals surface area contributed by atoms with Crippen molar-refractivity contribution in [2.75, 3.05) is 11.1 Å². The highest BCUT2D eigenvalue weighted by Gasteiger charge is 2.24. The number of primary amides is 1. The largest absolute Gasteiger partial charge is 0.382 e. The summed E-state index contributed by atoms with van der Waals surface area (Å²) in [5, 5.41) is 12.9. The molecule has 0 bridgehead atoms. The van der Waals surface area contributed by atoms with Crippen LogP contribution in [0.25, 0.3) is 22.0 Å². The maximum atomic E-state index is 14.0. The summed E-state index contributed by atoms with van der Waals surface area (Å²) in [6, 6.07) is 14.6. The SMILES string of the molecule is CC(Nc1ncnc(N)c1C#N)c1nc2ccc(F)cc2c(C(N)=O)c1-c1ccccc1. The first-order valence-electron chi connectivity index (χ1n) is 9.66. The lowest BCUT2D eigenvalue weighted by molar-refractivity contribution is 0.100. The van der Waals surface area contributed by atoms with E-state index in [0.717, 1.165) is 0 Å². The van der Waals surface area contributed by atoms with Gasteiger partial charge >= 0.3 is 0 Å². The molecule has 1 unspecified atom stereocenters. The minimum atomic E-state index is -0.709. The Bertz CT molecular complexity index is 1380. The summed E-state index contributed by atoms with van der Waals surface area (Å²) in [4.78, 5) is 25.2. The standard InChI is InChI=1S/C23H18FN7O/c1-12(30-23-16(10-25)21(26)28-11-29-23)20-18(13-5-3-2-4-6-13)19(22(27)32)15-9-14(24)7-8-17(15)31-20/h2-9,11-12H,1H3,(H2,27,32)(H3,26,28,29,30). The Labute approximate surface area is 182 Å². The molecule has 0 aliphatic heterocycles. The molecule has 0 fully saturated rings. The average Bonchev–Trinajstić information content (AvgIpc) is 2.78. The Morgan fingerprint density at radius 2 is 1.94 bits per heavy atom. The summed E-state index contributed by atoms with van der Waals surface area (Å²) in [6.45, 7) is 1.80. The Hall–Kier alpha value is -4.58. The summed E-state index contributed by atoms with van der Waals surface area (Å²) in [6.07, 6.45) is 1.24. The molecule has 2 heterocycles. The van der Waals surface area contributed by atoms with Gasteiger partial charge in [0.2, 0.25) is 5.91 Å². The molecule has 0 saturated heterocycles. The van der Waals surface area contributed by atoms with Crippen LogP contribution in [0, 0.1) is 17.1 Å². The molecule has 32 heavy (non-hydrogen) atoms. The molecule has 0 radical (unpaired) electrons. The number of nitrogens with one attached hydrogen (secondary N) is 1. The summed E-state index contributed by atoms with van der Waals surface area (Å²) in [5.74, 6) is -0.942. The number of aromatic nitrogens is 3. The van der Waals surface area contributed by atoms with Crippen molar-refractivity contribution >= 4 is 28.4 Å². The zero-order chi connectivity index (χ0) is 22.8. The van der Waals surface area contributed by atoms with Gasteiger partial charge in [0.15, 0.2) is 0 Å². The second kappa shape index (κ2) is 8.28. The van der Waals surface area contributed by atoms with E-state index in [2.05, 4.69) is 15.3 Å². The third-order valence-corrected chi connectivity index (χ3v) is 5.04. The van der Waals surface area contributed by atoms with Crippen molar-refractivity contribution in [2.24, 2.45) is 5.73 Å². The lowest BCUT2D eigenvalue weighted by Gasteiger charge is -2.21. The van der Waals surface area contributed by atoms with Crippen LogP contribution in [-0.4, -0.2) is 20.9 Å². The molecule has 1 amide bonds. The van der Waals surface area contributed by atoms with Gasteiger partial charge in [-0.05, 0) is 30.7 Å². The number of nitrogen functional groups attached to an aromatic ring is 1. The van der Waals surface area contributed by atoms with Crippen molar-refractivity contribution in [3.05, 3.63) is 77.5 Å². The van der Waals surface area contributed by atoms with E-state index in [1.165, 1.54) is 24.5 Å². The van der Waals surface area contributed by atoms with Crippen LogP contribution in [0.1, 0.15) is 34.6 Å². The van der Waals surface area contributed by atoms with Crippen LogP contribution in [0.5, 0.6) is 0 Å². The molecule has 4 aromatic rings. The van der Waals surface area contributed by atoms with E-state index in [1.807, 2.05) is 36.4 Å². The summed E-state index contributed by atoms with van der Waals surface area (Å²) >= 11 is 0. The van der Waals surface area contributed by atoms with Crippen LogP contribution in [0.2, 0.25) is 0 Å². The molecule has 0 spiro atoms. The lowest BCUT2D eigenvalue weighted by Crippen LogP contribution is -2.19. The minimum absolute atomic E-state index is 0.0419. The average molecular weight is 427 g/mol. The van der Waals surface area contributed by atoms with Gasteiger partial charge in [-0.3, -0.25) is 4.79 Å². The number of carbonyl (C=O) groups excluding carboxylic acids is 1. The third kappa shape index (κ3) is 3.65. The lowest BCUT2D eigenvalue weighted by atomic mass is 9.91. The van der Waals surface area contributed by atoms with Crippen molar-refractivity contribution in [3.63, 3.8) is 0 Å². The van der Waals surface area contributed by atoms with Crippen molar-refractivity contribution in [3.8, 4) is 17.2 Å². The maximum absolute atomic E-state index is 14.0. The van der Waals surface area contributed by atoms with Crippen molar-refractivity contribution < 1.29 is 9.18 Å². The fourth-order valence-electron chi connectivity index (χ4n) is 3.61. The predicted octanol–water partition coefficient (Wildman–Crippen LogP) is 3.56. The maximum Gasteiger partial charge on any atom is 0.250 e. The molecule has 5 N–H and O–H groups in total. The first-order chi connectivity index (χ1) is 15.4. The molecular formula is C23H18FN7O. The molecule has 4 rings (SSSR count). The topological polar surface area (TPSA) is 144 Å². The van der Waals surface area contributed by atoms with Gasteiger partial charge in [0.25, 0.3) is 0 Å². The Balaban J connectivity index is 1.98. The molecule has 9 heteroatoms. The van der Waals surface area contributed by atoms with Gasteiger partial charge in [-0.25, -0.2) is 19.3 Å². The predicted molar refractivity (Wildman–Crippen MR) is 119 cm³/mol. The van der Waals surface area contributed by atoms with Crippen LogP contribution in [-0.2, 0) is 0 Å². The Morgan fingerprint density at radius 3 is 2.62 bits per heavy atom. The highest BCUT2D eigenvalue weighted by molar-refractivity contribution is 6.11. The van der Waals surface area contributed by atoms with Gasteiger partial charge in [0, 0.05) is 10.9 Å². The summed E-state index contributed by atoms with van der Waals surface area (Å²) < 4.78 is 14.0. The number of anilines is 2. The zero-order valence-electron chi connectivity index (χ0n) is 17.0. The van der Waals surface area contributed by atoms with E-state index >= 15 is 0 Å². The molecule has 2 aromatic heterocycles. The van der Waals surface area contributed by atoms with Crippen molar-refractivity contribution in [1.29, 1.82) is 5.26 Å². The normalized spacial score (nSPS) is 11.7. The smallest absolute Gasteiger partial charge is 0.250 e. The molecule has 2 aromatic carbocycles. The molecule has 0 aliphatic carbocycles. The number of benzene rings is 2. The molecule has 8 nitrogen and oxygen atoms in total. The first-order valence-corrected chi connectivity index (χ1v) is 9.66. The number of hydrogen-bond acceptors (Lipinski definition) is 7. The van der Waals surface area contributed by atoms with Crippen molar-refractivity contribution in [1.82, 2.24) is 15.0 Å². The molecule has 0 aliphatic rings. The van der Waals surface area contributed by atoms with E-state index in [0.29, 0.717) is 27.7 Å². The second-order valence-electron chi connectivity index (χ2n) is 7.10. The molecule has 0 saturated carbocycles. The van der Waals surface area contributed by atoms with Gasteiger partial charge in [-0.15, -0.1) is 0 Å². The number of rotatable bonds is 5. The van der Waals surface area contributed by atoms with E-state index in [9.17, 15) is 14.4 Å². The number of amides is 1. The number of halogens is 1. The number of nitriles is 1. The van der Waals surface area contributed by atoms with Crippen LogP contribution in [0.3, 0.4) is 0 Å². The number of fused-ring (bicyclic) bond motifs is 1. The van der Waals surface area contributed by atoms with E-state index < -0.39 is 17.8 Å². The molecule has 1 atom stereocenters. The zero-order valence-corrected chi connectivity index (χ0v) is 17.0. The second-order valence-corrected chi connectivity index (χ2v) is 7.10. The number of nitrogens with zero attached hydrogens (tertiary/aromatic N) is 4. The fourth-order valence-corrected chi connectivity index (χ4v) is 3.61. The first kappa shape index (κ1) is 20.7. The Kier molecular flexibility index (Phi) is 5.35. The number of carbonyl (C=O) groups is 1. The van der Waals surface area contributed by atoms with Crippen LogP contribution in [0.15, 0.2) is 54.9 Å². The van der Waals surface area contributed by atoms with Crippen LogP contribution < -0.4 is 16.8 Å². The van der Waals surface area contributed by atoms with Gasteiger partial charge in [0.1, 0.15) is 35.4 Å². The number of hydrogen-bond donors (Lipinski definition) is 3. The number of pyridine rings is 1. The van der Waals surface area contributed by atoms with Gasteiger partial charge in [-0.2, -0.15) is 5.26 Å². The number of nitrogens with two attached hydrogens (primary N) is 2. The minimum Gasteiger partial charge on any atom is -0.382 e. The quantitative estimate of drug-likeness (QED) is 0.442. The highest BCUT2D eigenvalue weighted by atomic mass is 19.1. The third-order valence-electron chi connectivity index (χ3n) is 5.04. The van der Waals surface area contributed by atoms with Crippen LogP contribution in [0.4, 0.5) is 16.0 Å². The van der Waals surface area contributed by atoms with Gasteiger partial charge < -0.3 is 16.8 Å². The fraction of sp³-hybridized carbons (Fsp3) is 0.0870. The van der Waals surface area contributed by atoms with Gasteiger partial charge in [0.05, 0.1) is 22.8 Å². The monoisotopic (exact) mass is 427 g/mol. The van der Waals surface area contributed by atoms with E-state index in [-0.39, 0.29) is 22.8 Å². The van der Waals surface area contributed by atoms with Gasteiger partial charge in [-0.1, -0.05) is 30.3 Å². The van der Waals surface area contributed by atoms with Crippen LogP contribution >= 0.6 is 0 Å². The summed E-state index contributed by atoms with van der Waals surface area (Å²) in [7, 11) is 0. The Morgan fingerprint density at radius 1 is 1.19 bits per heavy atom. The molecule has 158 valence electrons. The van der Waals surface area contributed by atoms with E-state index in [1.54, 1.807) is 6.92 Å². The van der Waals surface area contributed by atoms with Crippen molar-refractivity contribution in [2.45, 2.75) is 13.0 Å².